The Morgan fingerprint density at radius 3 is 2.67 bits per heavy atom. The van der Waals surface area contributed by atoms with Gasteiger partial charge in [-0.05, 0) is 56.5 Å². The van der Waals surface area contributed by atoms with E-state index in [0.717, 1.165) is 5.56 Å². The van der Waals surface area contributed by atoms with Crippen molar-refractivity contribution >= 4 is 29.6 Å². The number of nitrogens with zero attached hydrogens (tertiary/aromatic N) is 4. The van der Waals surface area contributed by atoms with Gasteiger partial charge in [0.15, 0.2) is 0 Å². The smallest absolute Gasteiger partial charge is 0.414 e. The third-order valence-corrected chi connectivity index (χ3v) is 6.83. The number of carbonyl (C=O) groups excluding carboxylic acids is 2. The predicted octanol–water partition coefficient (Wildman–Crippen LogP) is 5.83. The number of thioether (sulfide) groups is 1. The molecule has 9 nitrogen and oxygen atoms in total. The molecule has 1 aliphatic rings. The van der Waals surface area contributed by atoms with E-state index in [1.165, 1.54) is 27.6 Å². The Labute approximate surface area is 229 Å². The van der Waals surface area contributed by atoms with E-state index >= 15 is 4.39 Å². The Hall–Kier alpha value is -3.67. The number of carbonyl (C=O) groups is 2. The van der Waals surface area contributed by atoms with Crippen LogP contribution in [0.5, 0.6) is 0 Å². The molecule has 0 radical (unpaired) electrons. The van der Waals surface area contributed by atoms with Crippen molar-refractivity contribution in [2.75, 3.05) is 30.4 Å². The van der Waals surface area contributed by atoms with Crippen molar-refractivity contribution in [3.05, 3.63) is 60.0 Å². The summed E-state index contributed by atoms with van der Waals surface area (Å²) in [6.45, 7) is 5.55. The van der Waals surface area contributed by atoms with Gasteiger partial charge in [0.2, 0.25) is 0 Å². The number of aromatic amines is 1. The maximum absolute atomic E-state index is 15.2. The second-order valence-corrected chi connectivity index (χ2v) is 11.1. The van der Waals surface area contributed by atoms with Crippen molar-refractivity contribution in [1.82, 2.24) is 20.3 Å². The third kappa shape index (κ3) is 7.69. The van der Waals surface area contributed by atoms with Gasteiger partial charge in [-0.1, -0.05) is 36.0 Å². The van der Waals surface area contributed by atoms with Crippen LogP contribution in [0.25, 0.3) is 11.1 Å². The summed E-state index contributed by atoms with van der Waals surface area (Å²) in [6.07, 6.45) is 0.393. The Morgan fingerprint density at radius 2 is 2.03 bits per heavy atom. The summed E-state index contributed by atoms with van der Waals surface area (Å²) in [4.78, 5) is 27.8. The minimum Gasteiger partial charge on any atom is -0.444 e. The Balaban J connectivity index is 1.40. The van der Waals surface area contributed by atoms with Gasteiger partial charge in [0, 0.05) is 24.4 Å². The van der Waals surface area contributed by atoms with Crippen molar-refractivity contribution in [3.8, 4) is 11.1 Å². The fraction of sp³-hybridized carbons (Fsp3) is 0.407. The largest absolute Gasteiger partial charge is 0.444 e. The molecule has 0 unspecified atom stereocenters. The van der Waals surface area contributed by atoms with E-state index in [9.17, 15) is 14.0 Å². The number of nitrogens with one attached hydrogen (secondary N) is 1. The molecule has 2 heterocycles. The molecule has 0 saturated carbocycles. The average Bonchev–Trinajstić information content (AvgIpc) is 3.54. The van der Waals surface area contributed by atoms with Crippen LogP contribution < -0.4 is 4.90 Å². The summed E-state index contributed by atoms with van der Waals surface area (Å²) in [5.41, 5.74) is 1.56. The van der Waals surface area contributed by atoms with Crippen LogP contribution in [-0.2, 0) is 16.0 Å². The van der Waals surface area contributed by atoms with Gasteiger partial charge in [-0.15, -0.1) is 5.10 Å². The van der Waals surface area contributed by atoms with Crippen molar-refractivity contribution in [2.45, 2.75) is 50.5 Å². The van der Waals surface area contributed by atoms with Crippen LogP contribution in [-0.4, -0.2) is 69.7 Å². The van der Waals surface area contributed by atoms with Gasteiger partial charge >= 0.3 is 12.2 Å². The summed E-state index contributed by atoms with van der Waals surface area (Å²) < 4.78 is 38.8. The number of rotatable bonds is 10. The molecule has 4 rings (SSSR count). The van der Waals surface area contributed by atoms with E-state index in [-0.39, 0.29) is 25.6 Å². The molecule has 0 bridgehead atoms. The lowest BCUT2D eigenvalue weighted by atomic mass is 10.0. The number of hydrogen-bond acceptors (Lipinski definition) is 7. The highest BCUT2D eigenvalue weighted by molar-refractivity contribution is 7.99. The van der Waals surface area contributed by atoms with E-state index in [1.54, 1.807) is 63.4 Å². The molecule has 1 N–H and O–H groups in total. The third-order valence-electron chi connectivity index (χ3n) is 5.80. The Bertz CT molecular complexity index is 1270. The fourth-order valence-corrected chi connectivity index (χ4v) is 4.75. The zero-order chi connectivity index (χ0) is 28.0. The SMILES string of the molecule is CC(C)(C)OC(=O)N(CCCF)Cc1ccc(-c2ccc(N3C[C@H](CSc4cn[nH]n4)OC3=O)cc2F)cc1. The maximum Gasteiger partial charge on any atom is 0.414 e. The second-order valence-electron chi connectivity index (χ2n) is 10.0. The minimum atomic E-state index is -0.665. The number of halogens is 2. The molecule has 3 aromatic rings. The molecule has 1 fully saturated rings. The van der Waals surface area contributed by atoms with E-state index < -0.39 is 30.3 Å². The number of ether oxygens (including phenoxy) is 2. The molecule has 2 aromatic carbocycles. The molecule has 1 saturated heterocycles. The molecule has 208 valence electrons. The number of benzene rings is 2. The number of amides is 2. The van der Waals surface area contributed by atoms with Gasteiger partial charge in [-0.3, -0.25) is 9.29 Å². The molecule has 0 spiro atoms. The monoisotopic (exact) mass is 559 g/mol. The first-order valence-electron chi connectivity index (χ1n) is 12.5. The van der Waals surface area contributed by atoms with Crippen LogP contribution in [0.2, 0.25) is 0 Å². The van der Waals surface area contributed by atoms with Gasteiger partial charge in [0.05, 0.1) is 25.1 Å². The topological polar surface area (TPSA) is 101 Å². The van der Waals surface area contributed by atoms with Crippen LogP contribution in [0, 0.1) is 5.82 Å². The number of H-pyrrole nitrogens is 1. The maximum atomic E-state index is 15.2. The first-order chi connectivity index (χ1) is 18.6. The number of alkyl halides is 1. The Morgan fingerprint density at radius 1 is 1.26 bits per heavy atom. The number of cyclic esters (lactones) is 1. The normalized spacial score (nSPS) is 15.4. The summed E-state index contributed by atoms with van der Waals surface area (Å²) in [5, 5.41) is 10.9. The van der Waals surface area contributed by atoms with Crippen LogP contribution in [0.3, 0.4) is 0 Å². The van der Waals surface area contributed by atoms with Crippen LogP contribution in [0.15, 0.2) is 53.7 Å². The zero-order valence-corrected chi connectivity index (χ0v) is 22.8. The molecule has 0 aliphatic carbocycles. The zero-order valence-electron chi connectivity index (χ0n) is 22.0. The van der Waals surface area contributed by atoms with Crippen LogP contribution in [0.1, 0.15) is 32.8 Å². The van der Waals surface area contributed by atoms with Gasteiger partial charge in [0.25, 0.3) is 0 Å². The molecule has 1 aliphatic heterocycles. The van der Waals surface area contributed by atoms with Crippen molar-refractivity contribution in [1.29, 1.82) is 0 Å². The van der Waals surface area contributed by atoms with E-state index in [4.69, 9.17) is 9.47 Å². The van der Waals surface area contributed by atoms with Gasteiger partial charge in [-0.25, -0.2) is 14.0 Å². The predicted molar refractivity (Wildman–Crippen MR) is 144 cm³/mol. The van der Waals surface area contributed by atoms with E-state index in [0.29, 0.717) is 34.1 Å². The molecular weight excluding hydrogens is 528 g/mol. The molecule has 1 aromatic heterocycles. The minimum absolute atomic E-state index is 0.209. The van der Waals surface area contributed by atoms with Gasteiger partial charge in [-0.2, -0.15) is 10.3 Å². The summed E-state index contributed by atoms with van der Waals surface area (Å²) in [6, 6.07) is 11.7. The fourth-order valence-electron chi connectivity index (χ4n) is 3.99. The standard InChI is InChI=1S/C27H31F2N5O4S/c1-27(2,3)38-25(35)33(12-4-11-28)15-18-5-7-19(8-6-18)22-10-9-20(13-23(22)29)34-16-21(37-26(34)36)17-39-24-14-30-32-31-24/h5-10,13-14,21H,4,11-12,15-17H2,1-3H3,(H,30,31,32)/t21-/m1/s1. The lowest BCUT2D eigenvalue weighted by Crippen LogP contribution is -2.37. The quantitative estimate of drug-likeness (QED) is 0.312. The second kappa shape index (κ2) is 12.5. The van der Waals surface area contributed by atoms with Gasteiger partial charge in [0.1, 0.15) is 22.5 Å². The van der Waals surface area contributed by atoms with Gasteiger partial charge < -0.3 is 14.4 Å². The summed E-state index contributed by atoms with van der Waals surface area (Å²) >= 11 is 1.41. The van der Waals surface area contributed by atoms with Crippen LogP contribution in [0.4, 0.5) is 24.1 Å². The van der Waals surface area contributed by atoms with Crippen LogP contribution >= 0.6 is 11.8 Å². The highest BCUT2D eigenvalue weighted by Crippen LogP contribution is 2.30. The lowest BCUT2D eigenvalue weighted by molar-refractivity contribution is 0.0228. The van der Waals surface area contributed by atoms with Crippen molar-refractivity contribution in [2.24, 2.45) is 0 Å². The Kier molecular flexibility index (Phi) is 9.05. The number of hydrogen-bond donors (Lipinski definition) is 1. The molecule has 39 heavy (non-hydrogen) atoms. The lowest BCUT2D eigenvalue weighted by Gasteiger charge is -2.27. The average molecular weight is 560 g/mol. The molecular formula is C27H31F2N5O4S. The molecule has 12 heteroatoms. The van der Waals surface area contributed by atoms with Crippen molar-refractivity contribution < 1.29 is 27.8 Å². The first kappa shape index (κ1) is 28.3. The van der Waals surface area contributed by atoms with Crippen molar-refractivity contribution in [3.63, 3.8) is 0 Å². The highest BCUT2D eigenvalue weighted by atomic mass is 32.2. The van der Waals surface area contributed by atoms with E-state index in [1.807, 2.05) is 0 Å². The summed E-state index contributed by atoms with van der Waals surface area (Å²) in [5.74, 6) is 0.0210. The molecule has 2 amide bonds. The van der Waals surface area contributed by atoms with E-state index in [2.05, 4.69) is 15.4 Å². The highest BCUT2D eigenvalue weighted by Gasteiger charge is 2.33. The first-order valence-corrected chi connectivity index (χ1v) is 13.5. The number of anilines is 1. The molecule has 1 atom stereocenters. The number of aromatic nitrogens is 3. The summed E-state index contributed by atoms with van der Waals surface area (Å²) in [7, 11) is 0.